The molecule has 2 N–H and O–H groups in total. The van der Waals surface area contributed by atoms with Gasteiger partial charge in [0.1, 0.15) is 13.1 Å². The van der Waals surface area contributed by atoms with Gasteiger partial charge in [0.25, 0.3) is 0 Å². The molecule has 2 bridgehead atoms. The average molecular weight is 357 g/mol. The zero-order chi connectivity index (χ0) is 17.5. The first-order chi connectivity index (χ1) is 11.2. The highest BCUT2D eigenvalue weighted by Gasteiger charge is 2.49. The maximum atomic E-state index is 12.4. The molecule has 0 unspecified atom stereocenters. The molecule has 0 saturated carbocycles. The molecular weight excluding hydrogens is 340 g/mol. The van der Waals surface area contributed by atoms with Gasteiger partial charge in [0, 0.05) is 18.7 Å². The van der Waals surface area contributed by atoms with E-state index in [0.717, 1.165) is 0 Å². The molecule has 3 amide bonds. The number of pyridine rings is 1. The van der Waals surface area contributed by atoms with Crippen LogP contribution in [-0.4, -0.2) is 53.5 Å². The number of amides is 3. The quantitative estimate of drug-likeness (QED) is 0.551. The molecule has 1 aromatic rings. The molecule has 0 aromatic carbocycles. The van der Waals surface area contributed by atoms with Crippen LogP contribution in [0.2, 0.25) is 0 Å². The van der Waals surface area contributed by atoms with Crippen LogP contribution in [0.4, 0.5) is 10.5 Å². The highest BCUT2D eigenvalue weighted by atomic mass is 32.3. The second-order valence-electron chi connectivity index (χ2n) is 5.75. The van der Waals surface area contributed by atoms with E-state index in [1.807, 2.05) is 11.6 Å². The van der Waals surface area contributed by atoms with Crippen LogP contribution >= 0.6 is 0 Å². The topological polar surface area (TPSA) is 120 Å². The third-order valence-electron chi connectivity index (χ3n) is 4.05. The van der Waals surface area contributed by atoms with Gasteiger partial charge in [-0.25, -0.2) is 9.36 Å². The van der Waals surface area contributed by atoms with Gasteiger partial charge in [-0.1, -0.05) is 0 Å². The Morgan fingerprint density at radius 1 is 1.38 bits per heavy atom. The monoisotopic (exact) mass is 357 g/mol. The van der Waals surface area contributed by atoms with Gasteiger partial charge < -0.3 is 10.2 Å². The van der Waals surface area contributed by atoms with Crippen molar-refractivity contribution >= 4 is 28.0 Å². The number of aromatic nitrogens is 1. The number of carbonyl (C=O) groups excluding carboxylic acids is 2. The summed E-state index contributed by atoms with van der Waals surface area (Å²) in [4.78, 5) is 25.9. The summed E-state index contributed by atoms with van der Waals surface area (Å²) in [6.07, 6.45) is 4.30. The minimum Gasteiger partial charge on any atom is -0.324 e. The van der Waals surface area contributed by atoms with Gasteiger partial charge in [0.2, 0.25) is 5.91 Å². The molecule has 3 heterocycles. The number of carbonyl (C=O) groups is 2. The lowest BCUT2D eigenvalue weighted by atomic mass is 10.0. The van der Waals surface area contributed by atoms with Gasteiger partial charge in [-0.15, -0.1) is 4.28 Å². The molecule has 0 spiro atoms. The predicted octanol–water partition coefficient (Wildman–Crippen LogP) is -0.547. The Hall–Kier alpha value is -2.24. The van der Waals surface area contributed by atoms with Gasteiger partial charge in [0.05, 0.1) is 11.7 Å². The minimum atomic E-state index is -4.79. The minimum absolute atomic E-state index is 0.163. The van der Waals surface area contributed by atoms with Crippen molar-refractivity contribution in [1.82, 2.24) is 9.96 Å². The van der Waals surface area contributed by atoms with E-state index in [0.29, 0.717) is 23.6 Å². The van der Waals surface area contributed by atoms with Crippen molar-refractivity contribution in [2.75, 3.05) is 11.9 Å². The van der Waals surface area contributed by atoms with Gasteiger partial charge in [0.15, 0.2) is 12.4 Å². The summed E-state index contributed by atoms with van der Waals surface area (Å²) in [6.45, 7) is 0.163. The number of urea groups is 1. The maximum Gasteiger partial charge on any atom is 0.418 e. The molecule has 11 heteroatoms. The zero-order valence-electron chi connectivity index (χ0n) is 12.8. The van der Waals surface area contributed by atoms with Gasteiger partial charge in [-0.3, -0.25) is 9.35 Å². The van der Waals surface area contributed by atoms with Crippen LogP contribution in [0.3, 0.4) is 0 Å². The van der Waals surface area contributed by atoms with Gasteiger partial charge >= 0.3 is 16.4 Å². The molecule has 3 rings (SSSR count). The number of piperidine rings is 1. The first-order valence-electron chi connectivity index (χ1n) is 7.27. The Morgan fingerprint density at radius 2 is 2.04 bits per heavy atom. The lowest BCUT2D eigenvalue weighted by Crippen LogP contribution is -2.47. The molecule has 2 atom stereocenters. The SMILES string of the molecule is C[n+]1ccc(NC(=O)[C@@H]2CC[C@@H]3CN2C(=O)N3OS(=O)(=O)O)cc1. The summed E-state index contributed by atoms with van der Waals surface area (Å²) in [6, 6.07) is 1.46. The van der Waals surface area contributed by atoms with E-state index in [4.69, 9.17) is 4.55 Å². The molecule has 130 valence electrons. The number of fused-ring (bicyclic) bond motifs is 2. The molecular formula is C13H17N4O6S+. The molecule has 2 aliphatic rings. The van der Waals surface area contributed by atoms with E-state index in [1.54, 1.807) is 24.5 Å². The summed E-state index contributed by atoms with van der Waals surface area (Å²) in [7, 11) is -2.95. The maximum absolute atomic E-state index is 12.4. The highest BCUT2D eigenvalue weighted by molar-refractivity contribution is 7.80. The summed E-state index contributed by atoms with van der Waals surface area (Å²) in [5, 5.41) is 3.35. The fourth-order valence-corrected chi connectivity index (χ4v) is 3.30. The van der Waals surface area contributed by atoms with E-state index in [-0.39, 0.29) is 12.5 Å². The number of anilines is 1. The van der Waals surface area contributed by atoms with Crippen molar-refractivity contribution in [3.63, 3.8) is 0 Å². The molecule has 2 fully saturated rings. The van der Waals surface area contributed by atoms with Crippen molar-refractivity contribution in [2.45, 2.75) is 24.9 Å². The van der Waals surface area contributed by atoms with Crippen molar-refractivity contribution in [3.8, 4) is 0 Å². The van der Waals surface area contributed by atoms with Crippen LogP contribution in [0, 0.1) is 0 Å². The molecule has 24 heavy (non-hydrogen) atoms. The van der Waals surface area contributed by atoms with E-state index in [2.05, 4.69) is 9.60 Å². The number of nitrogens with one attached hydrogen (secondary N) is 1. The molecule has 2 aliphatic heterocycles. The fraction of sp³-hybridized carbons (Fsp3) is 0.462. The number of hydrogen-bond acceptors (Lipinski definition) is 5. The summed E-state index contributed by atoms with van der Waals surface area (Å²) >= 11 is 0. The Bertz CT molecular complexity index is 765. The van der Waals surface area contributed by atoms with Crippen LogP contribution in [0.25, 0.3) is 0 Å². The molecule has 1 aromatic heterocycles. The average Bonchev–Trinajstić information content (AvgIpc) is 2.73. The van der Waals surface area contributed by atoms with Crippen molar-refractivity contribution in [2.24, 2.45) is 7.05 Å². The van der Waals surface area contributed by atoms with E-state index in [9.17, 15) is 18.0 Å². The fourth-order valence-electron chi connectivity index (χ4n) is 2.91. The first kappa shape index (κ1) is 16.6. The van der Waals surface area contributed by atoms with Gasteiger partial charge in [-0.2, -0.15) is 13.5 Å². The Morgan fingerprint density at radius 3 is 2.67 bits per heavy atom. The summed E-state index contributed by atoms with van der Waals surface area (Å²) in [5.74, 6) is -0.357. The van der Waals surface area contributed by atoms with Crippen LogP contribution in [0.5, 0.6) is 0 Å². The molecule has 0 aliphatic carbocycles. The number of aryl methyl sites for hydroxylation is 1. The normalized spacial score (nSPS) is 23.5. The Kier molecular flexibility index (Phi) is 4.15. The van der Waals surface area contributed by atoms with Crippen molar-refractivity contribution in [3.05, 3.63) is 24.5 Å². The highest BCUT2D eigenvalue weighted by Crippen LogP contribution is 2.31. The van der Waals surface area contributed by atoms with E-state index < -0.39 is 28.5 Å². The van der Waals surface area contributed by atoms with Crippen LogP contribution in [0.1, 0.15) is 12.8 Å². The number of hydrogen-bond donors (Lipinski definition) is 2. The van der Waals surface area contributed by atoms with Crippen LogP contribution in [0.15, 0.2) is 24.5 Å². The van der Waals surface area contributed by atoms with Crippen LogP contribution in [-0.2, 0) is 26.5 Å². The number of rotatable bonds is 4. The summed E-state index contributed by atoms with van der Waals surface area (Å²) in [5.41, 5.74) is 0.595. The lowest BCUT2D eigenvalue weighted by molar-refractivity contribution is -0.671. The van der Waals surface area contributed by atoms with E-state index in [1.165, 1.54) is 4.90 Å². The Labute approximate surface area is 138 Å². The largest absolute Gasteiger partial charge is 0.418 e. The third kappa shape index (κ3) is 3.32. The number of nitrogens with zero attached hydrogens (tertiary/aromatic N) is 3. The summed E-state index contributed by atoms with van der Waals surface area (Å²) < 4.78 is 36.6. The van der Waals surface area contributed by atoms with Crippen molar-refractivity contribution in [1.29, 1.82) is 0 Å². The van der Waals surface area contributed by atoms with Crippen LogP contribution < -0.4 is 9.88 Å². The predicted molar refractivity (Wildman–Crippen MR) is 79.6 cm³/mol. The zero-order valence-corrected chi connectivity index (χ0v) is 13.6. The second kappa shape index (κ2) is 6.00. The van der Waals surface area contributed by atoms with Gasteiger partial charge in [-0.05, 0) is 12.8 Å². The molecule has 2 saturated heterocycles. The third-order valence-corrected chi connectivity index (χ3v) is 4.40. The van der Waals surface area contributed by atoms with Crippen molar-refractivity contribution < 1.29 is 31.4 Å². The smallest absolute Gasteiger partial charge is 0.324 e. The molecule has 10 nitrogen and oxygen atoms in total. The number of hydroxylamine groups is 2. The first-order valence-corrected chi connectivity index (χ1v) is 8.64. The van der Waals surface area contributed by atoms with E-state index >= 15 is 0 Å². The Balaban J connectivity index is 1.71. The second-order valence-corrected chi connectivity index (χ2v) is 6.76. The lowest BCUT2D eigenvalue weighted by Gasteiger charge is -2.29. The molecule has 0 radical (unpaired) electrons. The standard InChI is InChI=1S/C13H16N4O6S/c1-15-6-4-9(5-7-15)14-12(18)11-3-2-10-8-16(11)13(19)17(10)23-24(20,21)22/h4-7,10-11H,2-3,8H2,1H3,(H,20,21,22)/p+1/t10-,11+/m1/s1.